The Balaban J connectivity index is 1.56. The Morgan fingerprint density at radius 2 is 1.69 bits per heavy atom. The molecule has 130 valence electrons. The van der Waals surface area contributed by atoms with Gasteiger partial charge in [-0.3, -0.25) is 9.78 Å². The van der Waals surface area contributed by atoms with Gasteiger partial charge in [0, 0.05) is 6.20 Å². The minimum absolute atomic E-state index is 0.173. The molecule has 0 fully saturated rings. The molecule has 5 heteroatoms. The van der Waals surface area contributed by atoms with Gasteiger partial charge < -0.3 is 14.8 Å². The summed E-state index contributed by atoms with van der Waals surface area (Å²) in [4.78, 5) is 17.2. The molecule has 1 aliphatic heterocycles. The second-order valence-corrected chi connectivity index (χ2v) is 5.97. The number of benzene rings is 2. The van der Waals surface area contributed by atoms with Crippen LogP contribution in [0, 0.1) is 0 Å². The molecule has 0 unspecified atom stereocenters. The lowest BCUT2D eigenvalue weighted by atomic mass is 10.0. The van der Waals surface area contributed by atoms with Crippen LogP contribution >= 0.6 is 0 Å². The summed E-state index contributed by atoms with van der Waals surface area (Å²) in [5.74, 6) is 0.993. The van der Waals surface area contributed by atoms with Crippen molar-refractivity contribution >= 4 is 5.91 Å². The van der Waals surface area contributed by atoms with E-state index in [1.807, 2.05) is 66.7 Å². The number of fused-ring (bicyclic) bond motifs is 1. The van der Waals surface area contributed by atoms with Crippen LogP contribution in [0.25, 0.3) is 0 Å². The van der Waals surface area contributed by atoms with Crippen LogP contribution in [0.1, 0.15) is 17.3 Å². The molecule has 4 rings (SSSR count). The monoisotopic (exact) mass is 346 g/mol. The van der Waals surface area contributed by atoms with Gasteiger partial charge in [-0.05, 0) is 29.8 Å². The van der Waals surface area contributed by atoms with Crippen LogP contribution < -0.4 is 14.8 Å². The van der Waals surface area contributed by atoms with Crippen molar-refractivity contribution < 1.29 is 14.3 Å². The fourth-order valence-corrected chi connectivity index (χ4v) is 2.90. The Hall–Kier alpha value is -3.34. The second kappa shape index (κ2) is 7.27. The van der Waals surface area contributed by atoms with Gasteiger partial charge in [-0.15, -0.1) is 0 Å². The molecule has 0 radical (unpaired) electrons. The largest absolute Gasteiger partial charge is 0.485 e. The number of ether oxygens (including phenoxy) is 2. The van der Waals surface area contributed by atoms with Crippen LogP contribution in [-0.4, -0.2) is 23.6 Å². The Morgan fingerprint density at radius 3 is 2.46 bits per heavy atom. The van der Waals surface area contributed by atoms with Crippen LogP contribution in [0.5, 0.6) is 11.5 Å². The Kier molecular flexibility index (Phi) is 4.51. The lowest BCUT2D eigenvalue weighted by Crippen LogP contribution is -2.45. The third kappa shape index (κ3) is 3.37. The minimum atomic E-state index is -0.708. The number of nitrogens with one attached hydrogen (secondary N) is 1. The zero-order valence-electron chi connectivity index (χ0n) is 14.0. The maximum atomic E-state index is 12.8. The van der Waals surface area contributed by atoms with Crippen LogP contribution in [0.3, 0.4) is 0 Å². The topological polar surface area (TPSA) is 60.5 Å². The molecule has 0 saturated heterocycles. The molecule has 3 aromatic rings. The highest BCUT2D eigenvalue weighted by molar-refractivity contribution is 5.82. The zero-order chi connectivity index (χ0) is 17.8. The Labute approximate surface area is 151 Å². The summed E-state index contributed by atoms with van der Waals surface area (Å²) < 4.78 is 11.5. The molecule has 0 bridgehead atoms. The van der Waals surface area contributed by atoms with Crippen LogP contribution in [0.15, 0.2) is 79.0 Å². The summed E-state index contributed by atoms with van der Waals surface area (Å²) in [6, 6.07) is 22.4. The molecule has 0 aliphatic carbocycles. The summed E-state index contributed by atoms with van der Waals surface area (Å²) >= 11 is 0. The first-order valence-corrected chi connectivity index (χ1v) is 8.46. The van der Waals surface area contributed by atoms with E-state index in [1.54, 1.807) is 12.3 Å². The van der Waals surface area contributed by atoms with E-state index in [2.05, 4.69) is 10.3 Å². The van der Waals surface area contributed by atoms with Crippen molar-refractivity contribution in [2.75, 3.05) is 6.61 Å². The number of hydrogen-bond acceptors (Lipinski definition) is 4. The van der Waals surface area contributed by atoms with E-state index in [0.29, 0.717) is 11.5 Å². The summed E-state index contributed by atoms with van der Waals surface area (Å²) in [6.07, 6.45) is 1.01. The standard InChI is InChI=1S/C21H18N2O3/c24-21(19-14-25-17-11-4-5-12-18(17)26-19)23-20(15-8-2-1-3-9-15)16-10-6-7-13-22-16/h1-13,19-20H,14H2,(H,23,24)/t19-,20+/m1/s1. The van der Waals surface area contributed by atoms with Gasteiger partial charge in [0.15, 0.2) is 11.5 Å². The van der Waals surface area contributed by atoms with E-state index in [1.165, 1.54) is 0 Å². The third-order valence-corrected chi connectivity index (χ3v) is 4.20. The van der Waals surface area contributed by atoms with Crippen molar-refractivity contribution in [3.8, 4) is 11.5 Å². The predicted octanol–water partition coefficient (Wildman–Crippen LogP) is 3.13. The van der Waals surface area contributed by atoms with Crippen molar-refractivity contribution in [1.29, 1.82) is 0 Å². The van der Waals surface area contributed by atoms with Gasteiger partial charge in [0.25, 0.3) is 5.91 Å². The highest BCUT2D eigenvalue weighted by Gasteiger charge is 2.29. The molecular weight excluding hydrogens is 328 g/mol. The highest BCUT2D eigenvalue weighted by atomic mass is 16.6. The number of rotatable bonds is 4. The average molecular weight is 346 g/mol. The lowest BCUT2D eigenvalue weighted by Gasteiger charge is -2.27. The van der Waals surface area contributed by atoms with Crippen LogP contribution in [0.4, 0.5) is 0 Å². The van der Waals surface area contributed by atoms with Gasteiger partial charge in [0.2, 0.25) is 6.10 Å². The van der Waals surface area contributed by atoms with Crippen LogP contribution in [-0.2, 0) is 4.79 Å². The molecule has 5 nitrogen and oxygen atoms in total. The Bertz CT molecular complexity index is 845. The zero-order valence-corrected chi connectivity index (χ0v) is 14.0. The summed E-state index contributed by atoms with van der Waals surface area (Å²) in [5, 5.41) is 3.04. The number of hydrogen-bond donors (Lipinski definition) is 1. The number of para-hydroxylation sites is 2. The first-order valence-electron chi connectivity index (χ1n) is 8.46. The number of carbonyl (C=O) groups is 1. The number of pyridine rings is 1. The molecule has 1 N–H and O–H groups in total. The molecule has 2 heterocycles. The molecular formula is C21H18N2O3. The molecule has 2 aromatic carbocycles. The van der Waals surface area contributed by atoms with Crippen LogP contribution in [0.2, 0.25) is 0 Å². The Morgan fingerprint density at radius 1 is 0.962 bits per heavy atom. The molecule has 1 aliphatic rings. The van der Waals surface area contributed by atoms with Crippen molar-refractivity contribution in [3.63, 3.8) is 0 Å². The number of nitrogens with zero attached hydrogens (tertiary/aromatic N) is 1. The van der Waals surface area contributed by atoms with Gasteiger partial charge in [0.05, 0.1) is 11.7 Å². The molecule has 1 aromatic heterocycles. The molecule has 0 saturated carbocycles. The smallest absolute Gasteiger partial charge is 0.265 e. The van der Waals surface area contributed by atoms with Crippen molar-refractivity contribution in [2.24, 2.45) is 0 Å². The predicted molar refractivity (Wildman–Crippen MR) is 97.0 cm³/mol. The van der Waals surface area contributed by atoms with E-state index >= 15 is 0 Å². The molecule has 0 spiro atoms. The fourth-order valence-electron chi connectivity index (χ4n) is 2.90. The van der Waals surface area contributed by atoms with Gasteiger partial charge in [0.1, 0.15) is 6.61 Å². The first-order chi connectivity index (χ1) is 12.8. The fraction of sp³-hybridized carbons (Fsp3) is 0.143. The first kappa shape index (κ1) is 16.1. The van der Waals surface area contributed by atoms with E-state index < -0.39 is 6.10 Å². The van der Waals surface area contributed by atoms with Crippen molar-refractivity contribution in [3.05, 3.63) is 90.3 Å². The van der Waals surface area contributed by atoms with E-state index in [-0.39, 0.29) is 18.6 Å². The van der Waals surface area contributed by atoms with E-state index in [4.69, 9.17) is 9.47 Å². The van der Waals surface area contributed by atoms with Gasteiger partial charge in [-0.2, -0.15) is 0 Å². The molecule has 1 amide bonds. The SMILES string of the molecule is O=C(N[C@@H](c1ccccc1)c1ccccn1)[C@H]1COc2ccccc2O1. The lowest BCUT2D eigenvalue weighted by molar-refractivity contribution is -0.130. The average Bonchev–Trinajstić information content (AvgIpc) is 2.72. The maximum absolute atomic E-state index is 12.8. The maximum Gasteiger partial charge on any atom is 0.265 e. The number of carbonyl (C=O) groups excluding carboxylic acids is 1. The van der Waals surface area contributed by atoms with Gasteiger partial charge in [-0.1, -0.05) is 48.5 Å². The highest BCUT2D eigenvalue weighted by Crippen LogP contribution is 2.31. The van der Waals surface area contributed by atoms with E-state index in [0.717, 1.165) is 11.3 Å². The second-order valence-electron chi connectivity index (χ2n) is 5.97. The molecule has 2 atom stereocenters. The number of aromatic nitrogens is 1. The van der Waals surface area contributed by atoms with Crippen molar-refractivity contribution in [1.82, 2.24) is 10.3 Å². The van der Waals surface area contributed by atoms with Crippen molar-refractivity contribution in [2.45, 2.75) is 12.1 Å². The summed E-state index contributed by atoms with van der Waals surface area (Å²) in [7, 11) is 0. The summed E-state index contributed by atoms with van der Waals surface area (Å²) in [5.41, 5.74) is 1.72. The third-order valence-electron chi connectivity index (χ3n) is 4.20. The summed E-state index contributed by atoms with van der Waals surface area (Å²) in [6.45, 7) is 0.173. The number of amides is 1. The van der Waals surface area contributed by atoms with Gasteiger partial charge in [-0.25, -0.2) is 0 Å². The quantitative estimate of drug-likeness (QED) is 0.788. The van der Waals surface area contributed by atoms with E-state index in [9.17, 15) is 4.79 Å². The van der Waals surface area contributed by atoms with Gasteiger partial charge >= 0.3 is 0 Å². The molecule has 26 heavy (non-hydrogen) atoms. The minimum Gasteiger partial charge on any atom is -0.485 e. The normalized spacial score (nSPS) is 16.5.